The van der Waals surface area contributed by atoms with E-state index in [2.05, 4.69) is 16.5 Å². The molecule has 2 atom stereocenters. The number of aromatic nitrogens is 1. The molecule has 2 aliphatic heterocycles. The fraction of sp³-hybridized carbons (Fsp3) is 0.435. The van der Waals surface area contributed by atoms with Crippen molar-refractivity contribution >= 4 is 39.3 Å². The normalized spacial score (nSPS) is 27.6. The van der Waals surface area contributed by atoms with Crippen molar-refractivity contribution in [2.75, 3.05) is 18.0 Å². The number of amides is 2. The zero-order valence-electron chi connectivity index (χ0n) is 17.7. The second-order valence-corrected chi connectivity index (χ2v) is 9.45. The molecule has 8 nitrogen and oxygen atoms in total. The van der Waals surface area contributed by atoms with Crippen LogP contribution in [-0.4, -0.2) is 60.5 Å². The summed E-state index contributed by atoms with van der Waals surface area (Å²) in [5.74, 6) is -0.386. The van der Waals surface area contributed by atoms with Crippen LogP contribution in [0.25, 0.3) is 10.1 Å². The van der Waals surface area contributed by atoms with Crippen LogP contribution < -0.4 is 4.90 Å². The van der Waals surface area contributed by atoms with Gasteiger partial charge in [-0.2, -0.15) is 4.37 Å². The van der Waals surface area contributed by atoms with Gasteiger partial charge in [-0.05, 0) is 62.2 Å². The Morgan fingerprint density at radius 2 is 1.53 bits per heavy atom. The molecule has 1 saturated carbocycles. The van der Waals surface area contributed by atoms with Gasteiger partial charge in [0.05, 0.1) is 4.70 Å². The summed E-state index contributed by atoms with van der Waals surface area (Å²) >= 11 is 1.48. The zero-order chi connectivity index (χ0) is 22.3. The van der Waals surface area contributed by atoms with Crippen molar-refractivity contribution in [1.29, 1.82) is 0 Å². The van der Waals surface area contributed by atoms with Gasteiger partial charge in [0.2, 0.25) is 0 Å². The van der Waals surface area contributed by atoms with Gasteiger partial charge in [-0.1, -0.05) is 12.1 Å². The fourth-order valence-electron chi connectivity index (χ4n) is 4.81. The van der Waals surface area contributed by atoms with Crippen LogP contribution in [0, 0.1) is 0 Å². The molecule has 3 heterocycles. The zero-order valence-corrected chi connectivity index (χ0v) is 18.5. The Balaban J connectivity index is 1.14. The summed E-state index contributed by atoms with van der Waals surface area (Å²) in [6.45, 7) is 0.934. The second-order valence-electron chi connectivity index (χ2n) is 8.64. The highest BCUT2D eigenvalue weighted by Gasteiger charge is 2.68. The molecule has 0 bridgehead atoms. The Labute approximate surface area is 190 Å². The van der Waals surface area contributed by atoms with Crippen LogP contribution in [0.4, 0.5) is 5.82 Å². The van der Waals surface area contributed by atoms with E-state index in [-0.39, 0.29) is 19.4 Å². The molecule has 5 rings (SSSR count). The van der Waals surface area contributed by atoms with Crippen LogP contribution in [-0.2, 0) is 9.59 Å². The average molecular weight is 455 g/mol. The summed E-state index contributed by atoms with van der Waals surface area (Å²) in [5, 5.41) is 22.5. The second kappa shape index (κ2) is 7.99. The van der Waals surface area contributed by atoms with Crippen molar-refractivity contribution in [2.24, 2.45) is 0 Å². The third kappa shape index (κ3) is 3.23. The minimum Gasteiger partial charge on any atom is -0.377 e. The number of carbonyl (C=O) groups excluding carboxylic acids is 2. The number of rotatable bonds is 6. The Morgan fingerprint density at radius 1 is 0.906 bits per heavy atom. The van der Waals surface area contributed by atoms with Gasteiger partial charge in [0.1, 0.15) is 0 Å². The van der Waals surface area contributed by atoms with Crippen LogP contribution in [0.3, 0.4) is 0 Å². The van der Waals surface area contributed by atoms with E-state index in [0.29, 0.717) is 19.3 Å². The van der Waals surface area contributed by atoms with Gasteiger partial charge in [-0.15, -0.1) is 0 Å². The van der Waals surface area contributed by atoms with E-state index < -0.39 is 23.0 Å². The molecule has 0 spiro atoms. The summed E-state index contributed by atoms with van der Waals surface area (Å²) in [7, 11) is 0. The number of hydrogen-bond donors (Lipinski definition) is 2. The van der Waals surface area contributed by atoms with E-state index in [4.69, 9.17) is 0 Å². The maximum absolute atomic E-state index is 12.7. The topological polar surface area (TPSA) is 97.2 Å². The Bertz CT molecular complexity index is 1070. The molecular weight excluding hydrogens is 428 g/mol. The first-order chi connectivity index (χ1) is 15.4. The Morgan fingerprint density at radius 3 is 2.22 bits per heavy atom. The predicted molar refractivity (Wildman–Crippen MR) is 121 cm³/mol. The number of benzene rings is 1. The monoisotopic (exact) mass is 454 g/mol. The fourth-order valence-corrected chi connectivity index (χ4v) is 5.59. The lowest BCUT2D eigenvalue weighted by atomic mass is 9.73. The molecule has 1 aliphatic carbocycles. The molecule has 2 fully saturated rings. The molecule has 2 aromatic rings. The number of anilines is 1. The molecule has 9 heteroatoms. The number of unbranched alkanes of at least 4 members (excludes halogenated alkanes) is 1. The first kappa shape index (κ1) is 21.1. The Kier molecular flexibility index (Phi) is 5.27. The van der Waals surface area contributed by atoms with E-state index >= 15 is 0 Å². The standard InChI is InChI=1S/C23H26N4O4S/c28-20-22(30)9-3-4-10-23(22,31)21(29)27(20)12-6-5-11-25-13-15-26(16-14-25)19-17-7-1-2-8-18(17)32-24-19/h1-2,7-8,13-16,30-31H,3-6,9-12H2. The van der Waals surface area contributed by atoms with E-state index in [1.54, 1.807) is 0 Å². The maximum Gasteiger partial charge on any atom is 0.264 e. The van der Waals surface area contributed by atoms with Gasteiger partial charge in [-0.3, -0.25) is 14.5 Å². The molecule has 3 aliphatic rings. The third-order valence-corrected chi connectivity index (χ3v) is 7.51. The lowest BCUT2D eigenvalue weighted by Gasteiger charge is -2.36. The predicted octanol–water partition coefficient (Wildman–Crippen LogP) is 2.55. The Hall–Kier alpha value is -2.75. The number of hydrogen-bond acceptors (Lipinski definition) is 8. The largest absolute Gasteiger partial charge is 0.377 e. The van der Waals surface area contributed by atoms with Gasteiger partial charge in [0.25, 0.3) is 11.8 Å². The molecule has 1 saturated heterocycles. The van der Waals surface area contributed by atoms with Gasteiger partial charge >= 0.3 is 0 Å². The van der Waals surface area contributed by atoms with Crippen molar-refractivity contribution in [3.8, 4) is 0 Å². The minimum atomic E-state index is -1.95. The SMILES string of the molecule is O=C1N(CCCCN2C=CN(c3nsc4ccccc34)C=C2)C(=O)C2(O)CCCCC12O. The van der Waals surface area contributed by atoms with E-state index in [1.807, 2.05) is 46.7 Å². The first-order valence-corrected chi connectivity index (χ1v) is 11.8. The molecule has 2 amide bonds. The summed E-state index contributed by atoms with van der Waals surface area (Å²) < 4.78 is 5.70. The number of carbonyl (C=O) groups is 2. The number of aliphatic hydroxyl groups is 2. The van der Waals surface area contributed by atoms with Gasteiger partial charge in [0, 0.05) is 43.3 Å². The lowest BCUT2D eigenvalue weighted by Crippen LogP contribution is -2.58. The summed E-state index contributed by atoms with van der Waals surface area (Å²) in [6, 6.07) is 8.13. The highest BCUT2D eigenvalue weighted by Crippen LogP contribution is 2.44. The minimum absolute atomic E-state index is 0.138. The number of fused-ring (bicyclic) bond motifs is 2. The molecule has 32 heavy (non-hydrogen) atoms. The third-order valence-electron chi connectivity index (χ3n) is 6.70. The highest BCUT2D eigenvalue weighted by molar-refractivity contribution is 7.13. The molecule has 1 aromatic heterocycles. The van der Waals surface area contributed by atoms with Crippen LogP contribution in [0.1, 0.15) is 38.5 Å². The highest BCUT2D eigenvalue weighted by atomic mass is 32.1. The van der Waals surface area contributed by atoms with Crippen LogP contribution in [0.15, 0.2) is 49.1 Å². The van der Waals surface area contributed by atoms with Crippen molar-refractivity contribution in [3.05, 3.63) is 49.1 Å². The van der Waals surface area contributed by atoms with Crippen molar-refractivity contribution in [3.63, 3.8) is 0 Å². The molecular formula is C23H26N4O4S. The van der Waals surface area contributed by atoms with Crippen molar-refractivity contribution in [1.82, 2.24) is 14.2 Å². The summed E-state index contributed by atoms with van der Waals surface area (Å²) in [6.07, 6.45) is 10.8. The van der Waals surface area contributed by atoms with Crippen LogP contribution in [0.5, 0.6) is 0 Å². The summed E-state index contributed by atoms with van der Waals surface area (Å²) in [4.78, 5) is 30.4. The van der Waals surface area contributed by atoms with Crippen molar-refractivity contribution < 1.29 is 19.8 Å². The molecule has 0 radical (unpaired) electrons. The van der Waals surface area contributed by atoms with E-state index in [0.717, 1.165) is 33.8 Å². The first-order valence-electron chi connectivity index (χ1n) is 11.0. The van der Waals surface area contributed by atoms with Gasteiger partial charge in [0.15, 0.2) is 17.0 Å². The van der Waals surface area contributed by atoms with E-state index in [9.17, 15) is 19.8 Å². The smallest absolute Gasteiger partial charge is 0.264 e. The summed E-state index contributed by atoms with van der Waals surface area (Å²) in [5.41, 5.74) is -3.91. The number of likely N-dealkylation sites (tertiary alicyclic amines) is 1. The number of nitrogens with zero attached hydrogens (tertiary/aromatic N) is 4. The van der Waals surface area contributed by atoms with Crippen molar-refractivity contribution in [2.45, 2.75) is 49.7 Å². The van der Waals surface area contributed by atoms with E-state index in [1.165, 1.54) is 11.5 Å². The average Bonchev–Trinajstić information content (AvgIpc) is 3.30. The molecule has 2 unspecified atom stereocenters. The van der Waals surface area contributed by atoms with Gasteiger partial charge in [-0.25, -0.2) is 0 Å². The van der Waals surface area contributed by atoms with Gasteiger partial charge < -0.3 is 20.0 Å². The quantitative estimate of drug-likeness (QED) is 0.511. The molecule has 2 N–H and O–H groups in total. The van der Waals surface area contributed by atoms with Crippen LogP contribution >= 0.6 is 11.5 Å². The van der Waals surface area contributed by atoms with Crippen LogP contribution in [0.2, 0.25) is 0 Å². The number of imide groups is 1. The molecule has 168 valence electrons. The lowest BCUT2D eigenvalue weighted by molar-refractivity contribution is -0.176. The molecule has 1 aromatic carbocycles. The maximum atomic E-state index is 12.7.